The molecule has 1 N–H and O–H groups in total. The summed E-state index contributed by atoms with van der Waals surface area (Å²) in [6.45, 7) is 3.60. The van der Waals surface area contributed by atoms with E-state index in [2.05, 4.69) is 5.32 Å². The number of rotatable bonds is 4. The predicted molar refractivity (Wildman–Crippen MR) is 51.8 cm³/mol. The summed E-state index contributed by atoms with van der Waals surface area (Å²) >= 11 is 0. The molecule has 0 aliphatic rings. The van der Waals surface area contributed by atoms with E-state index in [4.69, 9.17) is 0 Å². The molecule has 0 spiro atoms. The van der Waals surface area contributed by atoms with Gasteiger partial charge in [0.05, 0.1) is 8.07 Å². The summed E-state index contributed by atoms with van der Waals surface area (Å²) in [7, 11) is -0.533. The van der Waals surface area contributed by atoms with Gasteiger partial charge in [-0.2, -0.15) is 13.2 Å². The van der Waals surface area contributed by atoms with Crippen molar-refractivity contribution >= 4 is 14.0 Å². The summed E-state index contributed by atoms with van der Waals surface area (Å²) in [4.78, 5) is 11.0. The molecule has 0 aromatic carbocycles. The van der Waals surface area contributed by atoms with Crippen molar-refractivity contribution in [2.45, 2.75) is 37.8 Å². The van der Waals surface area contributed by atoms with Crippen LogP contribution in [0.2, 0.25) is 25.2 Å². The average molecular weight is 227 g/mol. The normalized spacial score (nSPS) is 12.7. The molecule has 14 heavy (non-hydrogen) atoms. The van der Waals surface area contributed by atoms with Gasteiger partial charge >= 0.3 is 6.18 Å². The monoisotopic (exact) mass is 227 g/mol. The third-order valence-electron chi connectivity index (χ3n) is 2.00. The van der Waals surface area contributed by atoms with Crippen molar-refractivity contribution < 1.29 is 18.0 Å². The molecule has 84 valence electrons. The van der Waals surface area contributed by atoms with Crippen molar-refractivity contribution in [3.05, 3.63) is 0 Å². The van der Waals surface area contributed by atoms with Crippen molar-refractivity contribution in [3.63, 3.8) is 0 Å². The van der Waals surface area contributed by atoms with Gasteiger partial charge in [0.1, 0.15) is 0 Å². The number of hydrogen-bond donors (Lipinski definition) is 1. The van der Waals surface area contributed by atoms with Crippen molar-refractivity contribution in [1.82, 2.24) is 5.32 Å². The fourth-order valence-electron chi connectivity index (χ4n) is 1.09. The first-order valence-corrected chi connectivity index (χ1v) is 7.85. The van der Waals surface area contributed by atoms with Gasteiger partial charge in [-0.15, -0.1) is 0 Å². The van der Waals surface area contributed by atoms with Crippen LogP contribution in [-0.4, -0.2) is 27.2 Å². The fraction of sp³-hybridized carbons (Fsp3) is 0.875. The lowest BCUT2D eigenvalue weighted by atomic mass is 10.5. The zero-order chi connectivity index (χ0) is 11.4. The summed E-state index contributed by atoms with van der Waals surface area (Å²) in [5.74, 6) is -0.163. The number of amides is 1. The van der Waals surface area contributed by atoms with E-state index in [-0.39, 0.29) is 18.0 Å². The lowest BCUT2D eigenvalue weighted by Crippen LogP contribution is -2.34. The van der Waals surface area contributed by atoms with Crippen LogP contribution in [0.25, 0.3) is 0 Å². The standard InChI is InChI=1S/C8H16F3NOSi/c1-12-7(13)6-14(2,3)5-4-8(9,10)11/h4-6H2,1-3H3,(H,12,13). The molecule has 0 aromatic rings. The third kappa shape index (κ3) is 6.94. The first-order chi connectivity index (χ1) is 6.16. The highest BCUT2D eigenvalue weighted by molar-refractivity contribution is 6.79. The average Bonchev–Trinajstić information content (AvgIpc) is 1.99. The molecule has 0 saturated heterocycles. The maximum atomic E-state index is 11.9. The minimum absolute atomic E-state index is 0.115. The molecule has 0 unspecified atom stereocenters. The molecular weight excluding hydrogens is 211 g/mol. The zero-order valence-corrected chi connectivity index (χ0v) is 9.66. The van der Waals surface area contributed by atoms with Crippen molar-refractivity contribution in [2.24, 2.45) is 0 Å². The van der Waals surface area contributed by atoms with E-state index in [1.54, 1.807) is 13.1 Å². The second-order valence-corrected chi connectivity index (χ2v) is 9.31. The Morgan fingerprint density at radius 1 is 1.36 bits per heavy atom. The Kier molecular flexibility index (Phi) is 4.63. The smallest absolute Gasteiger partial charge is 0.359 e. The summed E-state index contributed by atoms with van der Waals surface area (Å²) in [6, 6.07) is 0.378. The Morgan fingerprint density at radius 2 is 1.86 bits per heavy atom. The molecule has 0 atom stereocenters. The van der Waals surface area contributed by atoms with E-state index in [0.29, 0.717) is 0 Å². The maximum Gasteiger partial charge on any atom is 0.388 e. The molecule has 0 bridgehead atoms. The van der Waals surface area contributed by atoms with Crippen LogP contribution < -0.4 is 5.32 Å². The van der Waals surface area contributed by atoms with Crippen molar-refractivity contribution in [1.29, 1.82) is 0 Å². The summed E-state index contributed by atoms with van der Waals surface area (Å²) in [5.41, 5.74) is 0. The molecule has 0 aliphatic heterocycles. The second kappa shape index (κ2) is 4.81. The van der Waals surface area contributed by atoms with Crippen molar-refractivity contribution in [3.8, 4) is 0 Å². The van der Waals surface area contributed by atoms with Crippen LogP contribution in [0.5, 0.6) is 0 Å². The van der Waals surface area contributed by atoms with Gasteiger partial charge in [0.15, 0.2) is 0 Å². The fourth-order valence-corrected chi connectivity index (χ4v) is 3.27. The summed E-state index contributed by atoms with van der Waals surface area (Å²) in [6.07, 6.45) is -4.88. The van der Waals surface area contributed by atoms with E-state index in [1.165, 1.54) is 7.05 Å². The largest absolute Gasteiger partial charge is 0.388 e. The quantitative estimate of drug-likeness (QED) is 0.734. The molecule has 0 rings (SSSR count). The highest BCUT2D eigenvalue weighted by Gasteiger charge is 2.32. The first-order valence-electron chi connectivity index (χ1n) is 4.44. The molecule has 0 heterocycles. The van der Waals surface area contributed by atoms with Gasteiger partial charge in [-0.05, 0) is 6.04 Å². The van der Waals surface area contributed by atoms with Gasteiger partial charge in [0.25, 0.3) is 0 Å². The van der Waals surface area contributed by atoms with Crippen LogP contribution in [0.3, 0.4) is 0 Å². The molecule has 0 aliphatic carbocycles. The second-order valence-electron chi connectivity index (χ2n) is 4.13. The number of alkyl halides is 3. The number of carbonyl (C=O) groups excluding carboxylic acids is 1. The van der Waals surface area contributed by atoms with E-state index >= 15 is 0 Å². The van der Waals surface area contributed by atoms with Crippen LogP contribution >= 0.6 is 0 Å². The van der Waals surface area contributed by atoms with Gasteiger partial charge in [0, 0.05) is 19.5 Å². The van der Waals surface area contributed by atoms with Crippen molar-refractivity contribution in [2.75, 3.05) is 7.05 Å². The highest BCUT2D eigenvalue weighted by Crippen LogP contribution is 2.27. The van der Waals surface area contributed by atoms with Gasteiger partial charge < -0.3 is 5.32 Å². The van der Waals surface area contributed by atoms with E-state index in [0.717, 1.165) is 0 Å². The topological polar surface area (TPSA) is 29.1 Å². The molecule has 0 radical (unpaired) electrons. The van der Waals surface area contributed by atoms with Gasteiger partial charge in [-0.1, -0.05) is 13.1 Å². The number of carbonyl (C=O) groups is 1. The molecule has 1 amide bonds. The maximum absolute atomic E-state index is 11.9. The molecule has 0 aromatic heterocycles. The Labute approximate surface area is 82.9 Å². The molecule has 6 heteroatoms. The third-order valence-corrected chi connectivity index (χ3v) is 4.88. The number of nitrogens with one attached hydrogen (secondary N) is 1. The molecule has 2 nitrogen and oxygen atoms in total. The van der Waals surface area contributed by atoms with E-state index in [9.17, 15) is 18.0 Å². The Bertz CT molecular complexity index is 203. The van der Waals surface area contributed by atoms with Crippen LogP contribution in [0.1, 0.15) is 6.42 Å². The number of halogens is 3. The van der Waals surface area contributed by atoms with E-state index < -0.39 is 20.7 Å². The van der Waals surface area contributed by atoms with Crippen LogP contribution in [0, 0.1) is 0 Å². The van der Waals surface area contributed by atoms with Gasteiger partial charge in [-0.25, -0.2) is 0 Å². The summed E-state index contributed by atoms with van der Waals surface area (Å²) in [5, 5.41) is 2.43. The SMILES string of the molecule is CNC(=O)C[Si](C)(C)CCC(F)(F)F. The van der Waals surface area contributed by atoms with Crippen LogP contribution in [0.15, 0.2) is 0 Å². The number of hydrogen-bond acceptors (Lipinski definition) is 1. The van der Waals surface area contributed by atoms with Gasteiger partial charge in [-0.3, -0.25) is 4.79 Å². The lowest BCUT2D eigenvalue weighted by molar-refractivity contribution is -0.131. The zero-order valence-electron chi connectivity index (χ0n) is 8.66. The molecule has 0 saturated carbocycles. The predicted octanol–water partition coefficient (Wildman–Crippen LogP) is 2.39. The minimum atomic E-state index is -4.10. The lowest BCUT2D eigenvalue weighted by Gasteiger charge is -2.21. The molecular formula is C8H16F3NOSi. The Morgan fingerprint density at radius 3 is 2.21 bits per heavy atom. The Balaban J connectivity index is 4.01. The van der Waals surface area contributed by atoms with Crippen LogP contribution in [0.4, 0.5) is 13.2 Å². The van der Waals surface area contributed by atoms with Gasteiger partial charge in [0.2, 0.25) is 5.91 Å². The van der Waals surface area contributed by atoms with Crippen LogP contribution in [-0.2, 0) is 4.79 Å². The van der Waals surface area contributed by atoms with E-state index in [1.807, 2.05) is 0 Å². The molecule has 0 fully saturated rings. The highest BCUT2D eigenvalue weighted by atomic mass is 28.3. The minimum Gasteiger partial charge on any atom is -0.359 e. The summed E-state index contributed by atoms with van der Waals surface area (Å²) < 4.78 is 35.8. The first kappa shape index (κ1) is 13.5. The Hall–Kier alpha value is -0.523.